The van der Waals surface area contributed by atoms with E-state index in [1.54, 1.807) is 37.3 Å². The van der Waals surface area contributed by atoms with Crippen molar-refractivity contribution in [1.29, 1.82) is 0 Å². The topological polar surface area (TPSA) is 123 Å². The van der Waals surface area contributed by atoms with Gasteiger partial charge in [0.15, 0.2) is 18.1 Å². The van der Waals surface area contributed by atoms with Crippen LogP contribution in [-0.4, -0.2) is 44.1 Å². The van der Waals surface area contributed by atoms with Crippen LogP contribution in [0.1, 0.15) is 18.1 Å². The molecule has 0 spiro atoms. The lowest BCUT2D eigenvalue weighted by molar-refractivity contribution is -0.122. The molecule has 1 aliphatic heterocycles. The van der Waals surface area contributed by atoms with Gasteiger partial charge in [0, 0.05) is 5.69 Å². The van der Waals surface area contributed by atoms with Gasteiger partial charge in [-0.05, 0) is 95.5 Å². The fourth-order valence-electron chi connectivity index (χ4n) is 3.92. The SMILES string of the molecule is CCOc1cc(/C=C2\C(=O)NC(=O)N(c3ccc(OC)cc3)C2=O)cc(Br)c1OCC(=O)Nc1cccc(C)c1. The zero-order chi connectivity index (χ0) is 28.8. The van der Waals surface area contributed by atoms with Crippen LogP contribution in [-0.2, 0) is 14.4 Å². The average molecular weight is 608 g/mol. The molecular weight excluding hydrogens is 582 g/mol. The second-order valence-corrected chi connectivity index (χ2v) is 9.48. The summed E-state index contributed by atoms with van der Waals surface area (Å²) < 4.78 is 17.0. The Hall–Kier alpha value is -4.64. The monoisotopic (exact) mass is 607 g/mol. The van der Waals surface area contributed by atoms with Crippen LogP contribution in [0.3, 0.4) is 0 Å². The van der Waals surface area contributed by atoms with Gasteiger partial charge >= 0.3 is 6.03 Å². The van der Waals surface area contributed by atoms with E-state index in [2.05, 4.69) is 26.6 Å². The molecule has 0 radical (unpaired) electrons. The van der Waals surface area contributed by atoms with Gasteiger partial charge in [-0.1, -0.05) is 12.1 Å². The number of imide groups is 2. The highest BCUT2D eigenvalue weighted by atomic mass is 79.9. The number of aryl methyl sites for hydroxylation is 1. The molecule has 1 aliphatic rings. The van der Waals surface area contributed by atoms with Crippen LogP contribution in [0.25, 0.3) is 6.08 Å². The molecule has 0 unspecified atom stereocenters. The summed E-state index contributed by atoms with van der Waals surface area (Å²) in [6.45, 7) is 3.71. The number of ether oxygens (including phenoxy) is 3. The van der Waals surface area contributed by atoms with E-state index in [1.807, 2.05) is 25.1 Å². The zero-order valence-corrected chi connectivity index (χ0v) is 23.5. The van der Waals surface area contributed by atoms with Gasteiger partial charge in [0.05, 0.1) is 23.9 Å². The number of hydrogen-bond acceptors (Lipinski definition) is 7. The van der Waals surface area contributed by atoms with Gasteiger partial charge in [-0.25, -0.2) is 9.69 Å². The molecule has 3 aromatic carbocycles. The van der Waals surface area contributed by atoms with Crippen molar-refractivity contribution in [3.05, 3.63) is 81.8 Å². The molecule has 4 rings (SSSR count). The summed E-state index contributed by atoms with van der Waals surface area (Å²) in [5.74, 6) is -0.873. The highest BCUT2D eigenvalue weighted by Gasteiger charge is 2.37. The second-order valence-electron chi connectivity index (χ2n) is 8.63. The Morgan fingerprint density at radius 3 is 2.48 bits per heavy atom. The standard InChI is InChI=1S/C29H26BrN3O7/c1-4-39-24-15-18(14-23(30)26(24)40-16-25(34)31-19-7-5-6-17(2)12-19)13-22-27(35)32-29(37)33(28(22)36)20-8-10-21(38-3)11-9-20/h5-15H,4,16H2,1-3H3,(H,31,34)(H,32,35,37)/b22-13+. The molecule has 1 heterocycles. The third kappa shape index (κ3) is 6.49. The number of rotatable bonds is 9. The molecule has 40 heavy (non-hydrogen) atoms. The summed E-state index contributed by atoms with van der Waals surface area (Å²) in [5, 5.41) is 4.97. The highest BCUT2D eigenvalue weighted by Crippen LogP contribution is 2.38. The lowest BCUT2D eigenvalue weighted by Gasteiger charge is -2.26. The number of carbonyl (C=O) groups excluding carboxylic acids is 4. The molecule has 1 saturated heterocycles. The van der Waals surface area contributed by atoms with Gasteiger partial charge < -0.3 is 19.5 Å². The minimum atomic E-state index is -0.860. The molecule has 10 nitrogen and oxygen atoms in total. The molecule has 0 bridgehead atoms. The maximum Gasteiger partial charge on any atom is 0.335 e. The number of benzene rings is 3. The van der Waals surface area contributed by atoms with Crippen LogP contribution < -0.4 is 29.7 Å². The Morgan fingerprint density at radius 2 is 1.80 bits per heavy atom. The predicted molar refractivity (Wildman–Crippen MR) is 153 cm³/mol. The molecule has 0 saturated carbocycles. The van der Waals surface area contributed by atoms with Gasteiger partial charge in [-0.2, -0.15) is 0 Å². The fourth-order valence-corrected chi connectivity index (χ4v) is 4.50. The van der Waals surface area contributed by atoms with E-state index in [0.717, 1.165) is 10.5 Å². The summed E-state index contributed by atoms with van der Waals surface area (Å²) in [6.07, 6.45) is 1.35. The summed E-state index contributed by atoms with van der Waals surface area (Å²) >= 11 is 3.43. The minimum Gasteiger partial charge on any atom is -0.497 e. The van der Waals surface area contributed by atoms with Gasteiger partial charge in [-0.15, -0.1) is 0 Å². The van der Waals surface area contributed by atoms with Crippen LogP contribution in [0.2, 0.25) is 0 Å². The van der Waals surface area contributed by atoms with Crippen molar-refractivity contribution in [3.8, 4) is 17.2 Å². The van der Waals surface area contributed by atoms with Crippen LogP contribution >= 0.6 is 15.9 Å². The van der Waals surface area contributed by atoms with Gasteiger partial charge in [0.25, 0.3) is 17.7 Å². The summed E-state index contributed by atoms with van der Waals surface area (Å²) in [5.41, 5.74) is 2.10. The predicted octanol–water partition coefficient (Wildman–Crippen LogP) is 4.85. The molecule has 0 aromatic heterocycles. The second kappa shape index (κ2) is 12.5. The number of carbonyl (C=O) groups is 4. The number of halogens is 1. The number of urea groups is 1. The summed E-state index contributed by atoms with van der Waals surface area (Å²) in [6, 6.07) is 16.0. The number of nitrogens with one attached hydrogen (secondary N) is 2. The van der Waals surface area contributed by atoms with Crippen molar-refractivity contribution in [3.63, 3.8) is 0 Å². The average Bonchev–Trinajstić information content (AvgIpc) is 2.91. The number of hydrogen-bond donors (Lipinski definition) is 2. The summed E-state index contributed by atoms with van der Waals surface area (Å²) in [4.78, 5) is 51.7. The summed E-state index contributed by atoms with van der Waals surface area (Å²) in [7, 11) is 1.50. The van der Waals surface area contributed by atoms with Crippen molar-refractivity contribution in [2.75, 3.05) is 30.5 Å². The third-order valence-electron chi connectivity index (χ3n) is 5.72. The smallest absolute Gasteiger partial charge is 0.335 e. The molecular formula is C29H26BrN3O7. The van der Waals surface area contributed by atoms with Gasteiger partial charge in [0.1, 0.15) is 11.3 Å². The molecule has 0 aliphatic carbocycles. The molecule has 206 valence electrons. The molecule has 11 heteroatoms. The van der Waals surface area contributed by atoms with E-state index in [9.17, 15) is 19.2 Å². The Kier molecular flexibility index (Phi) is 8.85. The number of amides is 5. The van der Waals surface area contributed by atoms with Crippen molar-refractivity contribution in [2.24, 2.45) is 0 Å². The number of anilines is 2. The first-order valence-corrected chi connectivity index (χ1v) is 13.0. The van der Waals surface area contributed by atoms with Crippen LogP contribution in [0, 0.1) is 6.92 Å². The lowest BCUT2D eigenvalue weighted by atomic mass is 10.1. The maximum atomic E-state index is 13.2. The molecule has 0 atom stereocenters. The van der Waals surface area contributed by atoms with Crippen molar-refractivity contribution in [2.45, 2.75) is 13.8 Å². The van der Waals surface area contributed by atoms with Gasteiger partial charge in [-0.3, -0.25) is 19.7 Å². The van der Waals surface area contributed by atoms with E-state index < -0.39 is 17.8 Å². The van der Waals surface area contributed by atoms with Crippen molar-refractivity contribution >= 4 is 57.1 Å². The Morgan fingerprint density at radius 1 is 1.05 bits per heavy atom. The van der Waals surface area contributed by atoms with Crippen LogP contribution in [0.15, 0.2) is 70.7 Å². The first kappa shape index (κ1) is 28.4. The van der Waals surface area contributed by atoms with E-state index >= 15 is 0 Å². The van der Waals surface area contributed by atoms with E-state index in [1.165, 1.54) is 25.3 Å². The molecule has 3 aromatic rings. The molecule has 2 N–H and O–H groups in total. The zero-order valence-electron chi connectivity index (χ0n) is 21.9. The number of nitrogens with zero attached hydrogens (tertiary/aromatic N) is 1. The van der Waals surface area contributed by atoms with Crippen molar-refractivity contribution in [1.82, 2.24) is 5.32 Å². The first-order chi connectivity index (χ1) is 19.2. The van der Waals surface area contributed by atoms with Crippen LogP contribution in [0.5, 0.6) is 17.2 Å². The largest absolute Gasteiger partial charge is 0.497 e. The minimum absolute atomic E-state index is 0.254. The third-order valence-corrected chi connectivity index (χ3v) is 6.31. The Balaban J connectivity index is 1.57. The maximum absolute atomic E-state index is 13.2. The normalized spacial score (nSPS) is 14.2. The Bertz CT molecular complexity index is 1500. The van der Waals surface area contributed by atoms with E-state index in [-0.39, 0.29) is 36.1 Å². The van der Waals surface area contributed by atoms with E-state index in [4.69, 9.17) is 14.2 Å². The molecule has 1 fully saturated rings. The highest BCUT2D eigenvalue weighted by molar-refractivity contribution is 9.10. The quantitative estimate of drug-likeness (QED) is 0.263. The van der Waals surface area contributed by atoms with Gasteiger partial charge in [0.2, 0.25) is 0 Å². The number of methoxy groups -OCH3 is 1. The number of barbiturate groups is 1. The lowest BCUT2D eigenvalue weighted by Crippen LogP contribution is -2.54. The van der Waals surface area contributed by atoms with Crippen LogP contribution in [0.4, 0.5) is 16.2 Å². The Labute approximate surface area is 239 Å². The fraction of sp³-hybridized carbons (Fsp3) is 0.172. The van der Waals surface area contributed by atoms with E-state index in [0.29, 0.717) is 27.2 Å². The first-order valence-electron chi connectivity index (χ1n) is 12.2. The van der Waals surface area contributed by atoms with Crippen molar-refractivity contribution < 1.29 is 33.4 Å². The molecule has 5 amide bonds.